The fourth-order valence-electron chi connectivity index (χ4n) is 1.43. The van der Waals surface area contributed by atoms with Crippen LogP contribution in [-0.2, 0) is 22.6 Å². The lowest BCUT2D eigenvalue weighted by Gasteiger charge is -2.07. The average molecular weight is 225 g/mol. The molecule has 1 rings (SSSR count). The van der Waals surface area contributed by atoms with Crippen LogP contribution < -0.4 is 5.32 Å². The molecule has 1 N–H and O–H groups in total. The summed E-state index contributed by atoms with van der Waals surface area (Å²) in [6.07, 6.45) is 2.82. The Morgan fingerprint density at radius 3 is 3.06 bits per heavy atom. The van der Waals surface area contributed by atoms with E-state index in [0.717, 1.165) is 18.7 Å². The molecule has 0 spiro atoms. The quantitative estimate of drug-likeness (QED) is 0.702. The summed E-state index contributed by atoms with van der Waals surface area (Å²) >= 11 is 0. The maximum Gasteiger partial charge on any atom is 0.319 e. The topological polar surface area (TPSA) is 56.2 Å². The maximum absolute atomic E-state index is 11.1. The molecule has 0 amide bonds. The SMILES string of the molecule is CCCn1nccc1CNCC(=O)OCC. The van der Waals surface area contributed by atoms with Crippen molar-refractivity contribution in [3.8, 4) is 0 Å². The van der Waals surface area contributed by atoms with Gasteiger partial charge in [0.2, 0.25) is 0 Å². The molecule has 0 atom stereocenters. The third-order valence-electron chi connectivity index (χ3n) is 2.12. The molecule has 1 aromatic rings. The number of carbonyl (C=O) groups is 1. The number of nitrogens with one attached hydrogen (secondary N) is 1. The predicted molar refractivity (Wildman–Crippen MR) is 60.9 cm³/mol. The van der Waals surface area contributed by atoms with Crippen molar-refractivity contribution >= 4 is 5.97 Å². The van der Waals surface area contributed by atoms with Crippen molar-refractivity contribution in [2.45, 2.75) is 33.4 Å². The number of hydrogen-bond donors (Lipinski definition) is 1. The number of carbonyl (C=O) groups excluding carboxylic acids is 1. The smallest absolute Gasteiger partial charge is 0.319 e. The van der Waals surface area contributed by atoms with Gasteiger partial charge >= 0.3 is 5.97 Å². The van der Waals surface area contributed by atoms with E-state index in [-0.39, 0.29) is 12.5 Å². The van der Waals surface area contributed by atoms with Crippen molar-refractivity contribution in [1.29, 1.82) is 0 Å². The first-order valence-electron chi connectivity index (χ1n) is 5.65. The number of nitrogens with zero attached hydrogens (tertiary/aromatic N) is 2. The molecule has 5 heteroatoms. The summed E-state index contributed by atoms with van der Waals surface area (Å²) < 4.78 is 6.76. The van der Waals surface area contributed by atoms with Gasteiger partial charge in [-0.2, -0.15) is 5.10 Å². The predicted octanol–water partition coefficient (Wildman–Crippen LogP) is 0.946. The second-order valence-electron chi connectivity index (χ2n) is 3.45. The summed E-state index contributed by atoms with van der Waals surface area (Å²) in [6.45, 7) is 6.12. The summed E-state index contributed by atoms with van der Waals surface area (Å²) in [6, 6.07) is 1.95. The minimum Gasteiger partial charge on any atom is -0.465 e. The van der Waals surface area contributed by atoms with Crippen LogP contribution in [0, 0.1) is 0 Å². The Kier molecular flexibility index (Phi) is 5.56. The average Bonchev–Trinajstić information content (AvgIpc) is 2.67. The molecule has 16 heavy (non-hydrogen) atoms. The highest BCUT2D eigenvalue weighted by atomic mass is 16.5. The minimum absolute atomic E-state index is 0.218. The van der Waals surface area contributed by atoms with Crippen LogP contribution in [0.1, 0.15) is 26.0 Å². The first kappa shape index (κ1) is 12.7. The Balaban J connectivity index is 2.31. The van der Waals surface area contributed by atoms with E-state index in [9.17, 15) is 4.79 Å². The Labute approximate surface area is 95.8 Å². The molecule has 90 valence electrons. The third kappa shape index (κ3) is 4.02. The van der Waals surface area contributed by atoms with Gasteiger partial charge in [-0.1, -0.05) is 6.92 Å². The van der Waals surface area contributed by atoms with Gasteiger partial charge in [-0.05, 0) is 19.4 Å². The fourth-order valence-corrected chi connectivity index (χ4v) is 1.43. The van der Waals surface area contributed by atoms with Crippen molar-refractivity contribution in [3.63, 3.8) is 0 Å². The largest absolute Gasteiger partial charge is 0.465 e. The summed E-state index contributed by atoms with van der Waals surface area (Å²) in [5, 5.41) is 7.24. The molecule has 0 radical (unpaired) electrons. The monoisotopic (exact) mass is 225 g/mol. The van der Waals surface area contributed by atoms with E-state index in [1.165, 1.54) is 0 Å². The zero-order valence-corrected chi connectivity index (χ0v) is 9.90. The molecule has 0 aliphatic heterocycles. The molecule has 0 fully saturated rings. The van der Waals surface area contributed by atoms with Crippen molar-refractivity contribution in [1.82, 2.24) is 15.1 Å². The van der Waals surface area contributed by atoms with Crippen LogP contribution in [0.15, 0.2) is 12.3 Å². The van der Waals surface area contributed by atoms with Crippen molar-refractivity contribution in [2.24, 2.45) is 0 Å². The van der Waals surface area contributed by atoms with Gasteiger partial charge in [0.1, 0.15) is 0 Å². The van der Waals surface area contributed by atoms with E-state index in [0.29, 0.717) is 13.2 Å². The molecule has 1 aromatic heterocycles. The number of hydrogen-bond acceptors (Lipinski definition) is 4. The van der Waals surface area contributed by atoms with Gasteiger partial charge in [0.25, 0.3) is 0 Å². The Bertz CT molecular complexity index is 323. The first-order chi connectivity index (χ1) is 7.77. The van der Waals surface area contributed by atoms with Gasteiger partial charge in [-0.3, -0.25) is 9.48 Å². The molecule has 0 saturated carbocycles. The molecular formula is C11H19N3O2. The van der Waals surface area contributed by atoms with Crippen LogP contribution in [0.3, 0.4) is 0 Å². The van der Waals surface area contributed by atoms with Gasteiger partial charge in [-0.15, -0.1) is 0 Å². The number of ether oxygens (including phenoxy) is 1. The van der Waals surface area contributed by atoms with E-state index in [1.807, 2.05) is 10.7 Å². The van der Waals surface area contributed by atoms with E-state index < -0.39 is 0 Å². The fraction of sp³-hybridized carbons (Fsp3) is 0.636. The molecule has 5 nitrogen and oxygen atoms in total. The second kappa shape index (κ2) is 7.00. The standard InChI is InChI=1S/C11H19N3O2/c1-3-7-14-10(5-6-13-14)8-12-9-11(15)16-4-2/h5-6,12H,3-4,7-9H2,1-2H3. The summed E-state index contributed by atoms with van der Waals surface area (Å²) in [4.78, 5) is 11.1. The van der Waals surface area contributed by atoms with Crippen molar-refractivity contribution in [2.75, 3.05) is 13.2 Å². The number of esters is 1. The molecule has 0 saturated heterocycles. The highest BCUT2D eigenvalue weighted by molar-refractivity contribution is 5.71. The third-order valence-corrected chi connectivity index (χ3v) is 2.12. The zero-order chi connectivity index (χ0) is 11.8. The van der Waals surface area contributed by atoms with E-state index in [4.69, 9.17) is 4.74 Å². The molecule has 1 heterocycles. The molecule has 0 aliphatic rings. The van der Waals surface area contributed by atoms with Gasteiger partial charge in [0.15, 0.2) is 0 Å². The van der Waals surface area contributed by atoms with Crippen LogP contribution in [0.5, 0.6) is 0 Å². The van der Waals surface area contributed by atoms with Crippen LogP contribution in [0.25, 0.3) is 0 Å². The van der Waals surface area contributed by atoms with E-state index in [2.05, 4.69) is 17.3 Å². The van der Waals surface area contributed by atoms with Crippen molar-refractivity contribution < 1.29 is 9.53 Å². The summed E-state index contributed by atoms with van der Waals surface area (Å²) in [5.41, 5.74) is 1.09. The Morgan fingerprint density at radius 1 is 1.56 bits per heavy atom. The maximum atomic E-state index is 11.1. The lowest BCUT2D eigenvalue weighted by Crippen LogP contribution is -2.25. The molecule has 0 aliphatic carbocycles. The van der Waals surface area contributed by atoms with Gasteiger partial charge in [0.05, 0.1) is 18.8 Å². The highest BCUT2D eigenvalue weighted by Gasteiger charge is 2.03. The van der Waals surface area contributed by atoms with Gasteiger partial charge in [0, 0.05) is 19.3 Å². The first-order valence-corrected chi connectivity index (χ1v) is 5.65. The van der Waals surface area contributed by atoms with Crippen LogP contribution in [-0.4, -0.2) is 28.9 Å². The number of aromatic nitrogens is 2. The lowest BCUT2D eigenvalue weighted by molar-refractivity contribution is -0.142. The number of rotatable bonds is 7. The lowest BCUT2D eigenvalue weighted by atomic mass is 10.4. The minimum atomic E-state index is -0.218. The van der Waals surface area contributed by atoms with Crippen LogP contribution in [0.2, 0.25) is 0 Å². The molecule has 0 bridgehead atoms. The number of aryl methyl sites for hydroxylation is 1. The van der Waals surface area contributed by atoms with E-state index in [1.54, 1.807) is 13.1 Å². The molecule has 0 aromatic carbocycles. The zero-order valence-electron chi connectivity index (χ0n) is 9.90. The Hall–Kier alpha value is -1.36. The van der Waals surface area contributed by atoms with Crippen LogP contribution in [0.4, 0.5) is 0 Å². The van der Waals surface area contributed by atoms with Gasteiger partial charge in [-0.25, -0.2) is 0 Å². The Morgan fingerprint density at radius 2 is 2.38 bits per heavy atom. The summed E-state index contributed by atoms with van der Waals surface area (Å²) in [7, 11) is 0. The molecular weight excluding hydrogens is 206 g/mol. The summed E-state index contributed by atoms with van der Waals surface area (Å²) in [5.74, 6) is -0.218. The van der Waals surface area contributed by atoms with Crippen molar-refractivity contribution in [3.05, 3.63) is 18.0 Å². The van der Waals surface area contributed by atoms with E-state index >= 15 is 0 Å². The normalized spacial score (nSPS) is 10.4. The highest BCUT2D eigenvalue weighted by Crippen LogP contribution is 1.99. The van der Waals surface area contributed by atoms with Crippen LogP contribution >= 0.6 is 0 Å². The second-order valence-corrected chi connectivity index (χ2v) is 3.45. The van der Waals surface area contributed by atoms with Gasteiger partial charge < -0.3 is 10.1 Å². The molecule has 0 unspecified atom stereocenters.